The fourth-order valence-electron chi connectivity index (χ4n) is 3.68. The maximum absolute atomic E-state index is 12.5. The highest BCUT2D eigenvalue weighted by Crippen LogP contribution is 2.32. The van der Waals surface area contributed by atoms with Crippen LogP contribution in [0.4, 0.5) is 11.6 Å². The maximum Gasteiger partial charge on any atom is 0.306 e. The Bertz CT molecular complexity index is 1090. The molecule has 10 nitrogen and oxygen atoms in total. The minimum absolute atomic E-state index is 0.160. The van der Waals surface area contributed by atoms with Gasteiger partial charge in [-0.25, -0.2) is 0 Å². The summed E-state index contributed by atoms with van der Waals surface area (Å²) in [6.45, 7) is 3.25. The highest BCUT2D eigenvalue weighted by Gasteiger charge is 2.28. The zero-order chi connectivity index (χ0) is 21.2. The van der Waals surface area contributed by atoms with Crippen molar-refractivity contribution in [3.63, 3.8) is 0 Å². The largest absolute Gasteiger partial charge is 0.495 e. The summed E-state index contributed by atoms with van der Waals surface area (Å²) in [6, 6.07) is 13.0. The number of carbonyl (C=O) groups is 1. The van der Waals surface area contributed by atoms with Crippen molar-refractivity contribution in [3.8, 4) is 17.2 Å². The lowest BCUT2D eigenvalue weighted by Gasteiger charge is -2.32. The van der Waals surface area contributed by atoms with E-state index in [-0.39, 0.29) is 18.6 Å². The smallest absolute Gasteiger partial charge is 0.306 e. The van der Waals surface area contributed by atoms with Crippen LogP contribution in [-0.4, -0.2) is 51.3 Å². The third-order valence-corrected chi connectivity index (χ3v) is 5.30. The first-order valence-electron chi connectivity index (χ1n) is 9.94. The quantitative estimate of drug-likeness (QED) is 0.615. The SMILES string of the molecule is COc1ccccc1N1CCN([n+]2cc(NC(=O)c3ccc4c(c3)OCO4)on2)CC1. The summed E-state index contributed by atoms with van der Waals surface area (Å²) in [5.41, 5.74) is 1.52. The maximum atomic E-state index is 12.5. The molecule has 0 saturated carbocycles. The van der Waals surface area contributed by atoms with Crippen LogP contribution in [-0.2, 0) is 0 Å². The Hall–Kier alpha value is -3.95. The van der Waals surface area contributed by atoms with E-state index in [0.717, 1.165) is 37.6 Å². The van der Waals surface area contributed by atoms with E-state index < -0.39 is 0 Å². The van der Waals surface area contributed by atoms with Crippen molar-refractivity contribution in [2.75, 3.05) is 55.3 Å². The Morgan fingerprint density at radius 2 is 1.90 bits per heavy atom. The Balaban J connectivity index is 1.21. The van der Waals surface area contributed by atoms with Crippen molar-refractivity contribution in [2.45, 2.75) is 0 Å². The highest BCUT2D eigenvalue weighted by molar-refractivity contribution is 6.03. The van der Waals surface area contributed by atoms with Crippen molar-refractivity contribution in [2.24, 2.45) is 0 Å². The molecule has 1 N–H and O–H groups in total. The monoisotopic (exact) mass is 424 g/mol. The number of amides is 1. The molecular weight excluding hydrogens is 402 g/mol. The van der Waals surface area contributed by atoms with Gasteiger partial charge in [0.15, 0.2) is 11.5 Å². The van der Waals surface area contributed by atoms with Crippen LogP contribution < -0.4 is 34.2 Å². The molecule has 31 heavy (non-hydrogen) atoms. The molecule has 1 fully saturated rings. The summed E-state index contributed by atoms with van der Waals surface area (Å²) < 4.78 is 21.4. The third kappa shape index (κ3) is 3.79. The second kappa shape index (κ2) is 8.05. The molecule has 0 aliphatic carbocycles. The summed E-state index contributed by atoms with van der Waals surface area (Å²) >= 11 is 0. The number of hydrogen-bond donors (Lipinski definition) is 1. The highest BCUT2D eigenvalue weighted by atomic mass is 16.7. The number of aromatic nitrogens is 2. The Kier molecular flexibility index (Phi) is 4.95. The van der Waals surface area contributed by atoms with Gasteiger partial charge in [-0.15, -0.1) is 5.01 Å². The molecule has 1 amide bonds. The van der Waals surface area contributed by atoms with Gasteiger partial charge in [0, 0.05) is 18.7 Å². The molecule has 5 rings (SSSR count). The van der Waals surface area contributed by atoms with Gasteiger partial charge < -0.3 is 19.1 Å². The summed E-state index contributed by atoms with van der Waals surface area (Å²) in [5, 5.41) is 8.81. The predicted octanol–water partition coefficient (Wildman–Crippen LogP) is 1.41. The fourth-order valence-corrected chi connectivity index (χ4v) is 3.68. The normalized spacial score (nSPS) is 15.1. The van der Waals surface area contributed by atoms with E-state index >= 15 is 0 Å². The molecule has 0 spiro atoms. The first-order chi connectivity index (χ1) is 15.2. The number of nitrogens with zero attached hydrogens (tertiary/aromatic N) is 4. The summed E-state index contributed by atoms with van der Waals surface area (Å²) in [4.78, 5) is 16.4. The van der Waals surface area contributed by atoms with Crippen LogP contribution in [0.1, 0.15) is 10.4 Å². The van der Waals surface area contributed by atoms with E-state index in [1.54, 1.807) is 36.3 Å². The van der Waals surface area contributed by atoms with Crippen molar-refractivity contribution in [1.82, 2.24) is 5.27 Å². The average Bonchev–Trinajstić information content (AvgIpc) is 3.48. The zero-order valence-corrected chi connectivity index (χ0v) is 17.0. The second-order valence-electron chi connectivity index (χ2n) is 7.12. The lowest BCUT2D eigenvalue weighted by atomic mass is 10.2. The number of piperazine rings is 1. The van der Waals surface area contributed by atoms with Crippen LogP contribution in [0.2, 0.25) is 0 Å². The molecule has 3 heterocycles. The first kappa shape index (κ1) is 19.0. The van der Waals surface area contributed by atoms with Gasteiger partial charge in [-0.05, 0) is 30.3 Å². The number of para-hydroxylation sites is 2. The second-order valence-corrected chi connectivity index (χ2v) is 7.12. The number of methoxy groups -OCH3 is 1. The first-order valence-corrected chi connectivity index (χ1v) is 9.94. The predicted molar refractivity (Wildman–Crippen MR) is 110 cm³/mol. The van der Waals surface area contributed by atoms with Crippen LogP contribution in [0.5, 0.6) is 17.2 Å². The fraction of sp³-hybridized carbons (Fsp3) is 0.286. The van der Waals surface area contributed by atoms with Gasteiger partial charge in [-0.2, -0.15) is 0 Å². The van der Waals surface area contributed by atoms with Crippen LogP contribution in [0, 0.1) is 0 Å². The number of hydrogen-bond acceptors (Lipinski definition) is 8. The number of fused-ring (bicyclic) bond motifs is 1. The summed E-state index contributed by atoms with van der Waals surface area (Å²) in [7, 11) is 1.68. The topological polar surface area (TPSA) is 93.2 Å². The molecular formula is C21H22N5O5+. The van der Waals surface area contributed by atoms with Gasteiger partial charge in [0.05, 0.1) is 30.7 Å². The lowest BCUT2D eigenvalue weighted by Crippen LogP contribution is -2.65. The van der Waals surface area contributed by atoms with Gasteiger partial charge >= 0.3 is 5.88 Å². The van der Waals surface area contributed by atoms with Gasteiger partial charge in [0.25, 0.3) is 12.1 Å². The Labute approximate surface area is 178 Å². The lowest BCUT2D eigenvalue weighted by molar-refractivity contribution is -0.758. The van der Waals surface area contributed by atoms with Gasteiger partial charge in [-0.3, -0.25) is 14.6 Å². The molecule has 160 valence electrons. The van der Waals surface area contributed by atoms with Crippen molar-refractivity contribution in [3.05, 3.63) is 54.2 Å². The van der Waals surface area contributed by atoms with E-state index in [2.05, 4.69) is 21.6 Å². The third-order valence-electron chi connectivity index (χ3n) is 5.30. The van der Waals surface area contributed by atoms with E-state index in [4.69, 9.17) is 18.7 Å². The molecule has 3 aromatic rings. The molecule has 2 aromatic carbocycles. The molecule has 0 atom stereocenters. The standard InChI is InChI=1S/C21H21N5O5/c1-28-17-5-3-2-4-16(17)24-8-10-25(11-9-24)26-13-20(31-23-26)22-21(27)15-6-7-18-19(12-15)30-14-29-18/h2-7,12-13H,8-11,14H2,1H3/p+1. The number of ether oxygens (including phenoxy) is 3. The molecule has 0 bridgehead atoms. The van der Waals surface area contributed by atoms with Gasteiger partial charge in [0.1, 0.15) is 5.75 Å². The number of rotatable bonds is 5. The number of anilines is 2. The number of carbonyl (C=O) groups excluding carboxylic acids is 1. The van der Waals surface area contributed by atoms with Gasteiger partial charge in [-0.1, -0.05) is 12.1 Å². The Morgan fingerprint density at radius 3 is 2.74 bits per heavy atom. The molecule has 10 heteroatoms. The van der Waals surface area contributed by atoms with E-state index in [9.17, 15) is 4.79 Å². The molecule has 2 aliphatic rings. The van der Waals surface area contributed by atoms with Crippen molar-refractivity contribution >= 4 is 17.5 Å². The van der Waals surface area contributed by atoms with E-state index in [1.807, 2.05) is 23.2 Å². The molecule has 1 aromatic heterocycles. The van der Waals surface area contributed by atoms with Crippen molar-refractivity contribution < 1.29 is 28.3 Å². The van der Waals surface area contributed by atoms with E-state index in [0.29, 0.717) is 17.1 Å². The zero-order valence-electron chi connectivity index (χ0n) is 17.0. The number of nitrogens with one attached hydrogen (secondary N) is 1. The molecule has 2 aliphatic heterocycles. The average molecular weight is 424 g/mol. The van der Waals surface area contributed by atoms with Crippen LogP contribution in [0.15, 0.2) is 53.2 Å². The van der Waals surface area contributed by atoms with Crippen molar-refractivity contribution in [1.29, 1.82) is 0 Å². The van der Waals surface area contributed by atoms with E-state index in [1.165, 1.54) is 0 Å². The van der Waals surface area contributed by atoms with Crippen LogP contribution >= 0.6 is 0 Å². The minimum Gasteiger partial charge on any atom is -0.495 e. The van der Waals surface area contributed by atoms with Gasteiger partial charge in [0.2, 0.25) is 12.1 Å². The molecule has 0 unspecified atom stereocenters. The Morgan fingerprint density at radius 1 is 1.10 bits per heavy atom. The van der Waals surface area contributed by atoms with Crippen LogP contribution in [0.25, 0.3) is 0 Å². The molecule has 1 saturated heterocycles. The van der Waals surface area contributed by atoms with Crippen LogP contribution in [0.3, 0.4) is 0 Å². The summed E-state index contributed by atoms with van der Waals surface area (Å²) in [5.74, 6) is 1.98. The number of benzene rings is 2. The molecule has 0 radical (unpaired) electrons. The minimum atomic E-state index is -0.317. The summed E-state index contributed by atoms with van der Waals surface area (Å²) in [6.07, 6.45) is 1.66.